The Morgan fingerprint density at radius 2 is 2.17 bits per heavy atom. The van der Waals surface area contributed by atoms with Crippen LogP contribution < -0.4 is 11.1 Å². The van der Waals surface area contributed by atoms with Crippen molar-refractivity contribution in [3.05, 3.63) is 52.1 Å². The largest absolute Gasteiger partial charge is 0.383 e. The van der Waals surface area contributed by atoms with Gasteiger partial charge in [-0.3, -0.25) is 4.79 Å². The molecule has 1 aromatic heterocycles. The number of aryl methyl sites for hydroxylation is 1. The third kappa shape index (κ3) is 2.87. The average molecular weight is 306 g/mol. The van der Waals surface area contributed by atoms with Gasteiger partial charge in [0.05, 0.1) is 5.56 Å². The first-order valence-electron chi connectivity index (χ1n) is 5.35. The number of rotatable bonds is 2. The number of amides is 1. The van der Waals surface area contributed by atoms with Crippen LogP contribution in [0.25, 0.3) is 0 Å². The number of benzene rings is 1. The van der Waals surface area contributed by atoms with Crippen LogP contribution in [-0.4, -0.2) is 10.9 Å². The maximum atomic E-state index is 12.0. The van der Waals surface area contributed by atoms with Crippen molar-refractivity contribution >= 4 is 33.3 Å². The van der Waals surface area contributed by atoms with Crippen LogP contribution in [0.1, 0.15) is 15.9 Å². The minimum absolute atomic E-state index is 0.224. The molecule has 0 aliphatic heterocycles. The van der Waals surface area contributed by atoms with Crippen LogP contribution in [0.2, 0.25) is 0 Å². The monoisotopic (exact) mass is 305 g/mol. The van der Waals surface area contributed by atoms with Gasteiger partial charge in [-0.05, 0) is 42.8 Å². The molecule has 0 saturated heterocycles. The molecule has 4 nitrogen and oxygen atoms in total. The fourth-order valence-corrected chi connectivity index (χ4v) is 2.22. The maximum Gasteiger partial charge on any atom is 0.259 e. The topological polar surface area (TPSA) is 68.0 Å². The number of halogens is 1. The van der Waals surface area contributed by atoms with E-state index in [1.807, 2.05) is 25.1 Å². The highest BCUT2D eigenvalue weighted by Gasteiger charge is 2.10. The Morgan fingerprint density at radius 1 is 1.39 bits per heavy atom. The molecule has 1 aromatic carbocycles. The van der Waals surface area contributed by atoms with E-state index in [0.717, 1.165) is 15.7 Å². The minimum atomic E-state index is -0.266. The van der Waals surface area contributed by atoms with Gasteiger partial charge in [-0.15, -0.1) is 0 Å². The van der Waals surface area contributed by atoms with Gasteiger partial charge >= 0.3 is 0 Å². The highest BCUT2D eigenvalue weighted by molar-refractivity contribution is 9.10. The molecule has 0 radical (unpaired) electrons. The lowest BCUT2D eigenvalue weighted by Crippen LogP contribution is -2.14. The fourth-order valence-electron chi connectivity index (χ4n) is 1.62. The lowest BCUT2D eigenvalue weighted by atomic mass is 10.2. The molecule has 0 bridgehead atoms. The third-order valence-corrected chi connectivity index (χ3v) is 2.84. The number of nitrogens with zero attached hydrogens (tertiary/aromatic N) is 1. The summed E-state index contributed by atoms with van der Waals surface area (Å²) < 4.78 is 0.914. The Morgan fingerprint density at radius 3 is 2.83 bits per heavy atom. The highest BCUT2D eigenvalue weighted by Crippen LogP contribution is 2.20. The second-order valence-electron chi connectivity index (χ2n) is 3.91. The number of nitrogen functional groups attached to an aromatic ring is 1. The van der Waals surface area contributed by atoms with Crippen molar-refractivity contribution in [2.45, 2.75) is 6.92 Å². The standard InChI is InChI=1S/C13H12BrN3O/c1-8-5-9(14)7-10(6-8)17-13(18)11-3-2-4-16-12(11)15/h2-7H,1H3,(H2,15,16)(H,17,18). The van der Waals surface area contributed by atoms with Gasteiger partial charge in [0.15, 0.2) is 0 Å². The molecule has 18 heavy (non-hydrogen) atoms. The second-order valence-corrected chi connectivity index (χ2v) is 4.82. The number of nitrogens with two attached hydrogens (primary N) is 1. The van der Waals surface area contributed by atoms with E-state index in [0.29, 0.717) is 5.56 Å². The summed E-state index contributed by atoms with van der Waals surface area (Å²) in [5, 5.41) is 2.79. The summed E-state index contributed by atoms with van der Waals surface area (Å²) >= 11 is 3.39. The quantitative estimate of drug-likeness (QED) is 0.896. The Balaban J connectivity index is 2.24. The summed E-state index contributed by atoms with van der Waals surface area (Å²) in [6.45, 7) is 1.96. The molecule has 5 heteroatoms. The molecule has 0 aliphatic carbocycles. The van der Waals surface area contributed by atoms with Crippen molar-refractivity contribution in [2.24, 2.45) is 0 Å². The highest BCUT2D eigenvalue weighted by atomic mass is 79.9. The Bertz CT molecular complexity index is 578. The number of pyridine rings is 1. The molecule has 0 unspecified atom stereocenters. The normalized spacial score (nSPS) is 10.1. The lowest BCUT2D eigenvalue weighted by Gasteiger charge is -2.08. The molecule has 2 aromatic rings. The van der Waals surface area contributed by atoms with Crippen molar-refractivity contribution in [1.29, 1.82) is 0 Å². The van der Waals surface area contributed by atoms with Crippen LogP contribution in [0.15, 0.2) is 41.0 Å². The zero-order valence-electron chi connectivity index (χ0n) is 9.77. The van der Waals surface area contributed by atoms with E-state index in [4.69, 9.17) is 5.73 Å². The van der Waals surface area contributed by atoms with E-state index in [1.165, 1.54) is 0 Å². The second kappa shape index (κ2) is 5.18. The third-order valence-electron chi connectivity index (χ3n) is 2.38. The van der Waals surface area contributed by atoms with Crippen LogP contribution >= 0.6 is 15.9 Å². The summed E-state index contributed by atoms with van der Waals surface area (Å²) in [4.78, 5) is 15.9. The Hall–Kier alpha value is -1.88. The van der Waals surface area contributed by atoms with Crippen molar-refractivity contribution in [2.75, 3.05) is 11.1 Å². The molecular weight excluding hydrogens is 294 g/mol. The van der Waals surface area contributed by atoms with Crippen LogP contribution in [0.4, 0.5) is 11.5 Å². The molecule has 3 N–H and O–H groups in total. The molecule has 0 atom stereocenters. The van der Waals surface area contributed by atoms with Gasteiger partial charge in [0.2, 0.25) is 0 Å². The van der Waals surface area contributed by atoms with Crippen LogP contribution in [0.3, 0.4) is 0 Å². The average Bonchev–Trinajstić information content (AvgIpc) is 2.27. The van der Waals surface area contributed by atoms with Crippen LogP contribution in [0, 0.1) is 6.92 Å². The zero-order chi connectivity index (χ0) is 13.1. The zero-order valence-corrected chi connectivity index (χ0v) is 11.4. The summed E-state index contributed by atoms with van der Waals surface area (Å²) in [7, 11) is 0. The van der Waals surface area contributed by atoms with Crippen molar-refractivity contribution in [3.63, 3.8) is 0 Å². The SMILES string of the molecule is Cc1cc(Br)cc(NC(=O)c2cccnc2N)c1. The van der Waals surface area contributed by atoms with Crippen molar-refractivity contribution in [3.8, 4) is 0 Å². The van der Waals surface area contributed by atoms with E-state index in [2.05, 4.69) is 26.2 Å². The summed E-state index contributed by atoms with van der Waals surface area (Å²) in [5.41, 5.74) is 7.80. The van der Waals surface area contributed by atoms with Crippen molar-refractivity contribution < 1.29 is 4.79 Å². The molecule has 92 valence electrons. The summed E-state index contributed by atoms with van der Waals surface area (Å²) in [6.07, 6.45) is 1.55. The number of nitrogens with one attached hydrogen (secondary N) is 1. The Kier molecular flexibility index (Phi) is 3.62. The first-order chi connectivity index (χ1) is 8.56. The van der Waals surface area contributed by atoms with Crippen molar-refractivity contribution in [1.82, 2.24) is 4.98 Å². The predicted octanol–water partition coefficient (Wildman–Crippen LogP) is 2.99. The number of anilines is 2. The number of hydrogen-bond donors (Lipinski definition) is 2. The fraction of sp³-hybridized carbons (Fsp3) is 0.0769. The molecule has 1 amide bonds. The summed E-state index contributed by atoms with van der Waals surface area (Å²) in [5.74, 6) is -0.0418. The van der Waals surface area contributed by atoms with Gasteiger partial charge in [-0.25, -0.2) is 4.98 Å². The van der Waals surface area contributed by atoms with Gasteiger partial charge < -0.3 is 11.1 Å². The number of carbonyl (C=O) groups excluding carboxylic acids is 1. The molecule has 0 aliphatic rings. The smallest absolute Gasteiger partial charge is 0.259 e. The molecule has 1 heterocycles. The van der Waals surface area contributed by atoms with Gasteiger partial charge in [0, 0.05) is 16.4 Å². The van der Waals surface area contributed by atoms with E-state index in [-0.39, 0.29) is 11.7 Å². The number of hydrogen-bond acceptors (Lipinski definition) is 3. The number of carbonyl (C=O) groups is 1. The van der Waals surface area contributed by atoms with Gasteiger partial charge in [-0.1, -0.05) is 15.9 Å². The lowest BCUT2D eigenvalue weighted by molar-refractivity contribution is 0.102. The van der Waals surface area contributed by atoms with Gasteiger partial charge in [0.25, 0.3) is 5.91 Å². The molecule has 0 saturated carbocycles. The van der Waals surface area contributed by atoms with E-state index >= 15 is 0 Å². The van der Waals surface area contributed by atoms with Crippen LogP contribution in [-0.2, 0) is 0 Å². The van der Waals surface area contributed by atoms with E-state index in [1.54, 1.807) is 18.3 Å². The predicted molar refractivity (Wildman–Crippen MR) is 75.5 cm³/mol. The minimum Gasteiger partial charge on any atom is -0.383 e. The summed E-state index contributed by atoms with van der Waals surface area (Å²) in [6, 6.07) is 9.00. The van der Waals surface area contributed by atoms with Gasteiger partial charge in [-0.2, -0.15) is 0 Å². The Labute approximate surface area is 113 Å². The molecule has 0 spiro atoms. The van der Waals surface area contributed by atoms with E-state index in [9.17, 15) is 4.79 Å². The molecular formula is C13H12BrN3O. The van der Waals surface area contributed by atoms with Gasteiger partial charge in [0.1, 0.15) is 5.82 Å². The molecule has 2 rings (SSSR count). The molecule has 0 fully saturated rings. The number of aromatic nitrogens is 1. The van der Waals surface area contributed by atoms with E-state index < -0.39 is 0 Å². The maximum absolute atomic E-state index is 12.0. The van der Waals surface area contributed by atoms with Crippen LogP contribution in [0.5, 0.6) is 0 Å². The first kappa shape index (κ1) is 12.6. The first-order valence-corrected chi connectivity index (χ1v) is 6.14.